The van der Waals surface area contributed by atoms with Crippen LogP contribution in [0.4, 0.5) is 0 Å². The number of hydrogen-bond acceptors (Lipinski definition) is 5. The minimum Gasteiger partial charge on any atom is -0.440 e. The predicted octanol–water partition coefficient (Wildman–Crippen LogP) is 1.30. The number of fused-ring (bicyclic) bond motifs is 1. The summed E-state index contributed by atoms with van der Waals surface area (Å²) < 4.78 is 5.44. The molecule has 1 atom stereocenters. The Balaban J connectivity index is 2.32. The van der Waals surface area contributed by atoms with Gasteiger partial charge in [-0.2, -0.15) is 5.26 Å². The fraction of sp³-hybridized carbons (Fsp3) is 0.133. The zero-order chi connectivity index (χ0) is 15.0. The van der Waals surface area contributed by atoms with Gasteiger partial charge in [-0.1, -0.05) is 6.07 Å². The van der Waals surface area contributed by atoms with E-state index in [1.807, 2.05) is 6.07 Å². The third-order valence-electron chi connectivity index (χ3n) is 3.37. The van der Waals surface area contributed by atoms with Crippen LogP contribution in [-0.4, -0.2) is 9.97 Å². The van der Waals surface area contributed by atoms with Crippen molar-refractivity contribution in [3.63, 3.8) is 0 Å². The molecule has 0 saturated carbocycles. The Bertz CT molecular complexity index is 831. The number of H-pyrrole nitrogens is 1. The van der Waals surface area contributed by atoms with Gasteiger partial charge in [-0.3, -0.25) is 9.78 Å². The molecule has 21 heavy (non-hydrogen) atoms. The summed E-state index contributed by atoms with van der Waals surface area (Å²) in [7, 11) is 0. The summed E-state index contributed by atoms with van der Waals surface area (Å²) in [4.78, 5) is 19.1. The van der Waals surface area contributed by atoms with Crippen LogP contribution in [0.2, 0.25) is 0 Å². The number of nitrogens with one attached hydrogen (secondary N) is 1. The van der Waals surface area contributed by atoms with E-state index in [9.17, 15) is 10.1 Å². The number of pyridine rings is 2. The van der Waals surface area contributed by atoms with Crippen LogP contribution in [0.15, 0.2) is 46.8 Å². The van der Waals surface area contributed by atoms with Crippen molar-refractivity contribution in [2.45, 2.75) is 12.8 Å². The molecule has 0 fully saturated rings. The number of rotatable bonds is 1. The van der Waals surface area contributed by atoms with Gasteiger partial charge >= 0.3 is 0 Å². The zero-order valence-corrected chi connectivity index (χ0v) is 11.3. The first-order chi connectivity index (χ1) is 10.1. The maximum Gasteiger partial charge on any atom is 0.256 e. The largest absolute Gasteiger partial charge is 0.440 e. The molecule has 2 aromatic heterocycles. The van der Waals surface area contributed by atoms with Gasteiger partial charge in [0.2, 0.25) is 5.88 Å². The molecule has 1 aliphatic heterocycles. The summed E-state index contributed by atoms with van der Waals surface area (Å²) in [5.41, 5.74) is 7.51. The molecule has 104 valence electrons. The number of nitrogens with zero attached hydrogens (tertiary/aromatic N) is 2. The average molecular weight is 280 g/mol. The van der Waals surface area contributed by atoms with Crippen molar-refractivity contribution in [2.75, 3.05) is 0 Å². The molecule has 0 bridgehead atoms. The second-order valence-corrected chi connectivity index (χ2v) is 4.77. The van der Waals surface area contributed by atoms with E-state index in [-0.39, 0.29) is 17.0 Å². The predicted molar refractivity (Wildman–Crippen MR) is 75.3 cm³/mol. The van der Waals surface area contributed by atoms with Crippen molar-refractivity contribution in [2.24, 2.45) is 5.73 Å². The molecular weight excluding hydrogens is 268 g/mol. The number of aromatic nitrogens is 2. The van der Waals surface area contributed by atoms with Crippen LogP contribution in [0.25, 0.3) is 0 Å². The lowest BCUT2D eigenvalue weighted by molar-refractivity contribution is 0.391. The van der Waals surface area contributed by atoms with Gasteiger partial charge < -0.3 is 15.5 Å². The lowest BCUT2D eigenvalue weighted by Crippen LogP contribution is -2.28. The van der Waals surface area contributed by atoms with Crippen LogP contribution < -0.4 is 16.0 Å². The van der Waals surface area contributed by atoms with Crippen LogP contribution >= 0.6 is 0 Å². The van der Waals surface area contributed by atoms with Crippen LogP contribution in [0.5, 0.6) is 5.75 Å². The fourth-order valence-electron chi connectivity index (χ4n) is 2.49. The maximum absolute atomic E-state index is 12.3. The van der Waals surface area contributed by atoms with E-state index in [1.165, 1.54) is 0 Å². The molecule has 6 nitrogen and oxygen atoms in total. The molecule has 0 amide bonds. The van der Waals surface area contributed by atoms with Gasteiger partial charge in [-0.25, -0.2) is 0 Å². The Labute approximate surface area is 120 Å². The smallest absolute Gasteiger partial charge is 0.256 e. The number of allylic oxidation sites excluding steroid dienone is 1. The summed E-state index contributed by atoms with van der Waals surface area (Å²) >= 11 is 0. The number of hydrogen-bond donors (Lipinski definition) is 2. The highest BCUT2D eigenvalue weighted by Crippen LogP contribution is 2.39. The first-order valence-electron chi connectivity index (χ1n) is 6.33. The highest BCUT2D eigenvalue weighted by atomic mass is 16.5. The first kappa shape index (κ1) is 12.9. The molecule has 1 aliphatic rings. The van der Waals surface area contributed by atoms with E-state index < -0.39 is 5.92 Å². The number of ether oxygens (including phenoxy) is 1. The van der Waals surface area contributed by atoms with Crippen LogP contribution in [0.3, 0.4) is 0 Å². The minimum absolute atomic E-state index is 0.0175. The molecular formula is C15H12N4O2. The molecule has 0 unspecified atom stereocenters. The number of aryl methyl sites for hydroxylation is 1. The Hall–Kier alpha value is -3.07. The standard InChI is InChI=1S/C15H12N4O2/c1-8-5-11-13(15(20)19-8)12(9-3-2-4-18-7-9)10(6-16)14(17)21-11/h2-5,7,12H,17H2,1H3,(H,19,20)/t12-/m0/s1. The lowest BCUT2D eigenvalue weighted by Gasteiger charge is -2.25. The van der Waals surface area contributed by atoms with Crippen molar-refractivity contribution in [3.05, 3.63) is 69.2 Å². The molecule has 0 aliphatic carbocycles. The number of aromatic amines is 1. The first-order valence-corrected chi connectivity index (χ1v) is 6.33. The summed E-state index contributed by atoms with van der Waals surface area (Å²) in [5.74, 6) is -0.178. The van der Waals surface area contributed by atoms with Gasteiger partial charge in [0.1, 0.15) is 17.4 Å². The van der Waals surface area contributed by atoms with Crippen molar-refractivity contribution in [1.82, 2.24) is 9.97 Å². The second kappa shape index (κ2) is 4.80. The van der Waals surface area contributed by atoms with Crippen molar-refractivity contribution >= 4 is 0 Å². The van der Waals surface area contributed by atoms with Crippen molar-refractivity contribution in [1.29, 1.82) is 5.26 Å². The second-order valence-electron chi connectivity index (χ2n) is 4.77. The summed E-state index contributed by atoms with van der Waals surface area (Å²) in [6.45, 7) is 1.75. The molecule has 3 rings (SSSR count). The van der Waals surface area contributed by atoms with Crippen molar-refractivity contribution in [3.8, 4) is 11.8 Å². The van der Waals surface area contributed by atoms with Gasteiger partial charge in [0.15, 0.2) is 0 Å². The summed E-state index contributed by atoms with van der Waals surface area (Å²) in [6, 6.07) is 7.28. The Morgan fingerprint density at radius 1 is 1.52 bits per heavy atom. The van der Waals surface area contributed by atoms with Gasteiger partial charge in [0.25, 0.3) is 5.56 Å². The van der Waals surface area contributed by atoms with Gasteiger partial charge in [0, 0.05) is 24.2 Å². The normalized spacial score (nSPS) is 16.9. The SMILES string of the molecule is Cc1cc2c(c(=O)[nH]1)[C@@H](c1cccnc1)C(C#N)=C(N)O2. The molecule has 0 saturated heterocycles. The number of nitrogens with two attached hydrogens (primary N) is 1. The van der Waals surface area contributed by atoms with E-state index in [1.54, 1.807) is 37.5 Å². The fourth-order valence-corrected chi connectivity index (χ4v) is 2.49. The minimum atomic E-state index is -0.572. The van der Waals surface area contributed by atoms with E-state index in [4.69, 9.17) is 10.5 Å². The van der Waals surface area contributed by atoms with E-state index in [2.05, 4.69) is 9.97 Å². The van der Waals surface area contributed by atoms with Crippen LogP contribution in [0.1, 0.15) is 22.7 Å². The zero-order valence-electron chi connectivity index (χ0n) is 11.3. The quantitative estimate of drug-likeness (QED) is 0.819. The monoisotopic (exact) mass is 280 g/mol. The highest BCUT2D eigenvalue weighted by Gasteiger charge is 2.33. The molecule has 2 aromatic rings. The Morgan fingerprint density at radius 2 is 2.33 bits per heavy atom. The summed E-state index contributed by atoms with van der Waals surface area (Å²) in [6.07, 6.45) is 3.24. The summed E-state index contributed by atoms with van der Waals surface area (Å²) in [5, 5.41) is 9.36. The molecule has 0 spiro atoms. The van der Waals surface area contributed by atoms with Gasteiger partial charge in [0.05, 0.1) is 11.5 Å². The topological polar surface area (TPSA) is 105 Å². The third-order valence-corrected chi connectivity index (χ3v) is 3.37. The van der Waals surface area contributed by atoms with Crippen LogP contribution in [-0.2, 0) is 0 Å². The highest BCUT2D eigenvalue weighted by molar-refractivity contribution is 5.54. The third kappa shape index (κ3) is 2.05. The average Bonchev–Trinajstić information content (AvgIpc) is 2.46. The van der Waals surface area contributed by atoms with E-state index >= 15 is 0 Å². The molecule has 3 N–H and O–H groups in total. The molecule has 3 heterocycles. The van der Waals surface area contributed by atoms with Crippen LogP contribution in [0, 0.1) is 18.3 Å². The number of nitriles is 1. The van der Waals surface area contributed by atoms with Crippen molar-refractivity contribution < 1.29 is 4.74 Å². The molecule has 0 aromatic carbocycles. The van der Waals surface area contributed by atoms with Gasteiger partial charge in [-0.05, 0) is 18.6 Å². The van der Waals surface area contributed by atoms with Gasteiger partial charge in [-0.15, -0.1) is 0 Å². The Morgan fingerprint density at radius 3 is 3.00 bits per heavy atom. The Kier molecular flexibility index (Phi) is 2.95. The van der Waals surface area contributed by atoms with E-state index in [0.717, 1.165) is 5.56 Å². The molecule has 0 radical (unpaired) electrons. The maximum atomic E-state index is 12.3. The molecule has 6 heteroatoms. The van der Waals surface area contributed by atoms with E-state index in [0.29, 0.717) is 17.0 Å². The lowest BCUT2D eigenvalue weighted by atomic mass is 9.85.